The number of allylic oxidation sites excluding steroid dienone is 2. The maximum Gasteiger partial charge on any atom is 0.412 e. The van der Waals surface area contributed by atoms with Crippen molar-refractivity contribution < 1.29 is 23.6 Å². The molecule has 0 radical (unpaired) electrons. The van der Waals surface area contributed by atoms with Gasteiger partial charge in [-0.25, -0.2) is 4.79 Å². The van der Waals surface area contributed by atoms with E-state index in [0.717, 1.165) is 19.3 Å². The van der Waals surface area contributed by atoms with Crippen molar-refractivity contribution in [2.75, 3.05) is 12.3 Å². The molecule has 0 saturated heterocycles. The highest BCUT2D eigenvalue weighted by Gasteiger charge is 2.29. The highest BCUT2D eigenvalue weighted by Crippen LogP contribution is 2.28. The fourth-order valence-electron chi connectivity index (χ4n) is 2.48. The van der Waals surface area contributed by atoms with Crippen LogP contribution in [-0.4, -0.2) is 35.1 Å². The largest absolute Gasteiger partial charge is 0.412 e. The smallest absolute Gasteiger partial charge is 0.410 e. The molecule has 1 aliphatic carbocycles. The second-order valence-electron chi connectivity index (χ2n) is 5.81. The molecule has 1 amide bonds. The van der Waals surface area contributed by atoms with Crippen LogP contribution in [0.25, 0.3) is 0 Å². The number of para-hydroxylation sites is 1. The molecule has 1 N–H and O–H groups in total. The predicted molar refractivity (Wildman–Crippen MR) is 100 cm³/mol. The van der Waals surface area contributed by atoms with E-state index in [1.54, 1.807) is 24.3 Å². The molecule has 7 nitrogen and oxygen atoms in total. The van der Waals surface area contributed by atoms with E-state index < -0.39 is 6.09 Å². The van der Waals surface area contributed by atoms with Crippen LogP contribution in [-0.2, 0) is 0 Å². The van der Waals surface area contributed by atoms with E-state index in [-0.39, 0.29) is 22.9 Å². The van der Waals surface area contributed by atoms with E-state index in [4.69, 9.17) is 9.26 Å². The molecule has 0 atom stereocenters. The van der Waals surface area contributed by atoms with Crippen LogP contribution in [0.2, 0.25) is 0 Å². The van der Waals surface area contributed by atoms with Gasteiger partial charge in [-0.05, 0) is 30.7 Å². The van der Waals surface area contributed by atoms with Gasteiger partial charge in [0.1, 0.15) is 5.75 Å². The van der Waals surface area contributed by atoms with Crippen LogP contribution in [0.3, 0.4) is 0 Å². The predicted octanol–water partition coefficient (Wildman–Crippen LogP) is 3.63. The van der Waals surface area contributed by atoms with Gasteiger partial charge in [-0.2, -0.15) is 0 Å². The lowest BCUT2D eigenvalue weighted by molar-refractivity contribution is 0.0967. The number of fused-ring (bicyclic) bond motifs is 1. The fourth-order valence-corrected chi connectivity index (χ4v) is 3.48. The Hall–Kier alpha value is -2.87. The van der Waals surface area contributed by atoms with Crippen LogP contribution in [0.4, 0.5) is 4.79 Å². The first-order valence-electron chi connectivity index (χ1n) is 8.54. The van der Waals surface area contributed by atoms with Gasteiger partial charge in [0.15, 0.2) is 0 Å². The first kappa shape index (κ1) is 18.9. The van der Waals surface area contributed by atoms with Gasteiger partial charge < -0.3 is 14.6 Å². The molecule has 0 bridgehead atoms. The SMILES string of the molecule is O=C(NCCCCCSC1=CC(=O)c2oncc2C1=O)Oc1ccccc1. The molecule has 140 valence electrons. The average Bonchev–Trinajstić information content (AvgIpc) is 3.16. The zero-order chi connectivity index (χ0) is 19.1. The van der Waals surface area contributed by atoms with E-state index >= 15 is 0 Å². The lowest BCUT2D eigenvalue weighted by Gasteiger charge is -2.09. The number of ether oxygens (including phenoxy) is 1. The van der Waals surface area contributed by atoms with Crippen molar-refractivity contribution in [3.63, 3.8) is 0 Å². The maximum absolute atomic E-state index is 12.2. The number of unbranched alkanes of at least 4 members (excludes halogenated alkanes) is 2. The Morgan fingerprint density at radius 3 is 2.78 bits per heavy atom. The number of carbonyl (C=O) groups excluding carboxylic acids is 3. The van der Waals surface area contributed by atoms with Gasteiger partial charge in [-0.15, -0.1) is 11.8 Å². The summed E-state index contributed by atoms with van der Waals surface area (Å²) in [6.07, 6.45) is 4.65. The molecule has 8 heteroatoms. The van der Waals surface area contributed by atoms with E-state index in [1.807, 2.05) is 6.07 Å². The van der Waals surface area contributed by atoms with Crippen LogP contribution in [0, 0.1) is 0 Å². The van der Waals surface area contributed by atoms with Gasteiger partial charge in [-0.3, -0.25) is 9.59 Å². The summed E-state index contributed by atoms with van der Waals surface area (Å²) in [6.45, 7) is 0.514. The molecule has 2 aromatic rings. The fraction of sp³-hybridized carbons (Fsp3) is 0.263. The van der Waals surface area contributed by atoms with Gasteiger partial charge in [0.25, 0.3) is 0 Å². The first-order chi connectivity index (χ1) is 13.1. The van der Waals surface area contributed by atoms with Crippen molar-refractivity contribution in [3.05, 3.63) is 58.8 Å². The molecule has 1 aromatic heterocycles. The van der Waals surface area contributed by atoms with E-state index in [1.165, 1.54) is 24.0 Å². The molecule has 1 aromatic carbocycles. The summed E-state index contributed by atoms with van der Waals surface area (Å²) in [5, 5.41) is 6.20. The number of nitrogens with zero attached hydrogens (tertiary/aromatic N) is 1. The monoisotopic (exact) mass is 386 g/mol. The van der Waals surface area contributed by atoms with Crippen molar-refractivity contribution >= 4 is 29.4 Å². The van der Waals surface area contributed by atoms with Gasteiger partial charge in [0.05, 0.1) is 16.7 Å². The van der Waals surface area contributed by atoms with Crippen molar-refractivity contribution in [3.8, 4) is 5.75 Å². The number of Topliss-reactive ketones (excluding diaryl/α,β-unsaturated/α-hetero) is 1. The summed E-state index contributed by atoms with van der Waals surface area (Å²) in [7, 11) is 0. The summed E-state index contributed by atoms with van der Waals surface area (Å²) in [5.41, 5.74) is 0.228. The number of ketones is 2. The Morgan fingerprint density at radius 1 is 1.15 bits per heavy atom. The third-order valence-electron chi connectivity index (χ3n) is 3.83. The Labute approximate surface area is 160 Å². The minimum atomic E-state index is -0.475. The zero-order valence-corrected chi connectivity index (χ0v) is 15.3. The van der Waals surface area contributed by atoms with Crippen LogP contribution in [0.1, 0.15) is 40.2 Å². The lowest BCUT2D eigenvalue weighted by atomic mass is 10.0. The summed E-state index contributed by atoms with van der Waals surface area (Å²) < 4.78 is 9.92. The number of nitrogens with one attached hydrogen (secondary N) is 1. The van der Waals surface area contributed by atoms with Gasteiger partial charge in [0.2, 0.25) is 17.3 Å². The lowest BCUT2D eigenvalue weighted by Crippen LogP contribution is -2.27. The number of rotatable bonds is 8. The Balaban J connectivity index is 1.29. The molecule has 0 unspecified atom stereocenters. The molecule has 27 heavy (non-hydrogen) atoms. The maximum atomic E-state index is 12.2. The molecule has 0 spiro atoms. The van der Waals surface area contributed by atoms with Crippen LogP contribution < -0.4 is 10.1 Å². The van der Waals surface area contributed by atoms with Crippen molar-refractivity contribution in [1.29, 1.82) is 0 Å². The van der Waals surface area contributed by atoms with Crippen LogP contribution in [0.15, 0.2) is 52.0 Å². The zero-order valence-electron chi connectivity index (χ0n) is 14.5. The quantitative estimate of drug-likeness (QED) is 0.692. The first-order valence-corrected chi connectivity index (χ1v) is 9.52. The molecule has 0 saturated carbocycles. The topological polar surface area (TPSA) is 98.5 Å². The Morgan fingerprint density at radius 2 is 1.96 bits per heavy atom. The second-order valence-corrected chi connectivity index (χ2v) is 6.95. The standard InChI is InChI=1S/C19H18N2O5S/c22-15-11-16(17(23)14-12-21-26-18(14)15)27-10-6-2-5-9-20-19(24)25-13-7-3-1-4-8-13/h1,3-4,7-8,11-12H,2,5-6,9-10H2,(H,20,24). The Bertz CT molecular complexity index is 860. The van der Waals surface area contributed by atoms with E-state index in [2.05, 4.69) is 10.5 Å². The molecular weight excluding hydrogens is 368 g/mol. The van der Waals surface area contributed by atoms with Crippen LogP contribution >= 0.6 is 11.8 Å². The minimum Gasteiger partial charge on any atom is -0.410 e. The molecular formula is C19H18N2O5S. The number of hydrogen-bond donors (Lipinski definition) is 1. The molecule has 0 aliphatic heterocycles. The number of amides is 1. The minimum absolute atomic E-state index is 0.0119. The molecule has 1 heterocycles. The molecule has 1 aliphatic rings. The van der Waals surface area contributed by atoms with E-state index in [0.29, 0.717) is 23.0 Å². The number of aromatic nitrogens is 1. The van der Waals surface area contributed by atoms with Crippen LogP contribution in [0.5, 0.6) is 5.75 Å². The van der Waals surface area contributed by atoms with Gasteiger partial charge in [0, 0.05) is 12.6 Å². The third kappa shape index (κ3) is 5.07. The van der Waals surface area contributed by atoms with Gasteiger partial charge >= 0.3 is 6.09 Å². The number of benzene rings is 1. The summed E-state index contributed by atoms with van der Waals surface area (Å²) in [5.74, 6) is 0.673. The molecule has 3 rings (SSSR count). The number of thioether (sulfide) groups is 1. The molecule has 0 fully saturated rings. The normalized spacial score (nSPS) is 13.1. The average molecular weight is 386 g/mol. The van der Waals surface area contributed by atoms with Crippen molar-refractivity contribution in [1.82, 2.24) is 10.5 Å². The van der Waals surface area contributed by atoms with E-state index in [9.17, 15) is 14.4 Å². The van der Waals surface area contributed by atoms with Crippen molar-refractivity contribution in [2.24, 2.45) is 0 Å². The van der Waals surface area contributed by atoms with Gasteiger partial charge in [-0.1, -0.05) is 29.8 Å². The summed E-state index contributed by atoms with van der Waals surface area (Å²) in [4.78, 5) is 36.1. The third-order valence-corrected chi connectivity index (χ3v) is 4.93. The highest BCUT2D eigenvalue weighted by molar-refractivity contribution is 8.04. The second kappa shape index (κ2) is 9.18. The number of carbonyl (C=O) groups is 3. The summed E-state index contributed by atoms with van der Waals surface area (Å²) in [6, 6.07) is 8.87. The highest BCUT2D eigenvalue weighted by atomic mass is 32.2. The van der Waals surface area contributed by atoms with Crippen molar-refractivity contribution in [2.45, 2.75) is 19.3 Å². The Kier molecular flexibility index (Phi) is 6.43. The number of hydrogen-bond acceptors (Lipinski definition) is 7. The summed E-state index contributed by atoms with van der Waals surface area (Å²) >= 11 is 1.35.